The molecule has 0 heterocycles. The third-order valence-electron chi connectivity index (χ3n) is 2.78. The minimum Gasteiger partial charge on any atom is -0.385 e. The Bertz CT molecular complexity index is 344. The van der Waals surface area contributed by atoms with Gasteiger partial charge in [-0.15, -0.1) is 0 Å². The van der Waals surface area contributed by atoms with E-state index >= 15 is 0 Å². The zero-order chi connectivity index (χ0) is 13.9. The molecule has 108 valence electrons. The zero-order valence-electron chi connectivity index (χ0n) is 11.9. The monoisotopic (exact) mass is 267 g/mol. The number of methoxy groups -OCH3 is 1. The third kappa shape index (κ3) is 7.28. The fraction of sp³-hybridized carbons (Fsp3) is 0.600. The van der Waals surface area contributed by atoms with E-state index in [0.29, 0.717) is 26.4 Å². The second-order valence-electron chi connectivity index (χ2n) is 4.55. The molecule has 0 fully saturated rings. The molecule has 0 amide bonds. The topological polar surface area (TPSA) is 53.7 Å². The summed E-state index contributed by atoms with van der Waals surface area (Å²) in [7, 11) is 1.69. The van der Waals surface area contributed by atoms with Gasteiger partial charge in [-0.1, -0.05) is 29.8 Å². The highest BCUT2D eigenvalue weighted by Crippen LogP contribution is 2.12. The molecule has 4 nitrogen and oxygen atoms in total. The fourth-order valence-corrected chi connectivity index (χ4v) is 1.73. The summed E-state index contributed by atoms with van der Waals surface area (Å²) in [6, 6.07) is 8.12. The summed E-state index contributed by atoms with van der Waals surface area (Å²) in [5.41, 5.74) is 8.39. The summed E-state index contributed by atoms with van der Waals surface area (Å²) >= 11 is 0. The first-order valence-electron chi connectivity index (χ1n) is 6.70. The predicted molar refractivity (Wildman–Crippen MR) is 76.2 cm³/mol. The van der Waals surface area contributed by atoms with Gasteiger partial charge in [-0.05, 0) is 18.9 Å². The first-order valence-corrected chi connectivity index (χ1v) is 6.70. The molecule has 0 radical (unpaired) electrons. The van der Waals surface area contributed by atoms with Crippen LogP contribution >= 0.6 is 0 Å². The van der Waals surface area contributed by atoms with Crippen LogP contribution in [0.15, 0.2) is 24.3 Å². The Balaban J connectivity index is 2.06. The molecule has 2 N–H and O–H groups in total. The molecule has 4 heteroatoms. The Morgan fingerprint density at radius 1 is 1.11 bits per heavy atom. The van der Waals surface area contributed by atoms with Gasteiger partial charge in [0.1, 0.15) is 0 Å². The fourth-order valence-electron chi connectivity index (χ4n) is 1.73. The lowest BCUT2D eigenvalue weighted by Gasteiger charge is -2.13. The summed E-state index contributed by atoms with van der Waals surface area (Å²) in [6.07, 6.45) is 0.916. The standard InChI is InChI=1S/C15H25NO3/c1-13-5-3-6-14(11-13)15(16)12-19-10-9-18-8-4-7-17-2/h3,5-6,11,15H,4,7-10,12,16H2,1-2H3. The van der Waals surface area contributed by atoms with Crippen LogP contribution in [0.25, 0.3) is 0 Å². The Morgan fingerprint density at radius 2 is 1.89 bits per heavy atom. The number of ether oxygens (including phenoxy) is 3. The van der Waals surface area contributed by atoms with E-state index in [9.17, 15) is 0 Å². The molecule has 0 bridgehead atoms. The SMILES string of the molecule is COCCCOCCOCC(N)c1cccc(C)c1. The van der Waals surface area contributed by atoms with Crippen LogP contribution in [-0.4, -0.2) is 40.1 Å². The molecule has 1 atom stereocenters. The highest BCUT2D eigenvalue weighted by Gasteiger charge is 2.05. The molecule has 0 spiro atoms. The molecule has 0 aliphatic carbocycles. The van der Waals surface area contributed by atoms with E-state index in [4.69, 9.17) is 19.9 Å². The van der Waals surface area contributed by atoms with E-state index in [1.807, 2.05) is 12.1 Å². The summed E-state index contributed by atoms with van der Waals surface area (Å²) < 4.78 is 15.8. The number of hydrogen-bond donors (Lipinski definition) is 1. The molecule has 0 aliphatic rings. The summed E-state index contributed by atoms with van der Waals surface area (Å²) in [4.78, 5) is 0. The zero-order valence-corrected chi connectivity index (χ0v) is 11.9. The smallest absolute Gasteiger partial charge is 0.0701 e. The van der Waals surface area contributed by atoms with Crippen LogP contribution in [0.1, 0.15) is 23.6 Å². The van der Waals surface area contributed by atoms with Crippen molar-refractivity contribution in [2.75, 3.05) is 40.1 Å². The van der Waals surface area contributed by atoms with Crippen molar-refractivity contribution in [2.24, 2.45) is 5.73 Å². The lowest BCUT2D eigenvalue weighted by atomic mass is 10.1. The average Bonchev–Trinajstić information content (AvgIpc) is 2.41. The maximum absolute atomic E-state index is 6.06. The molecule has 1 aromatic carbocycles. The number of aryl methyl sites for hydroxylation is 1. The van der Waals surface area contributed by atoms with Crippen LogP contribution in [0.4, 0.5) is 0 Å². The van der Waals surface area contributed by atoms with Crippen LogP contribution in [0.3, 0.4) is 0 Å². The normalized spacial score (nSPS) is 12.6. The maximum Gasteiger partial charge on any atom is 0.0701 e. The van der Waals surface area contributed by atoms with Gasteiger partial charge in [0.05, 0.1) is 25.9 Å². The summed E-state index contributed by atoms with van der Waals surface area (Å²) in [5, 5.41) is 0. The molecule has 1 unspecified atom stereocenters. The number of benzene rings is 1. The first-order chi connectivity index (χ1) is 9.24. The van der Waals surface area contributed by atoms with Crippen molar-refractivity contribution in [3.05, 3.63) is 35.4 Å². The van der Waals surface area contributed by atoms with Gasteiger partial charge in [0.2, 0.25) is 0 Å². The number of nitrogens with two attached hydrogens (primary N) is 1. The molecular weight excluding hydrogens is 242 g/mol. The Hall–Kier alpha value is -0.940. The lowest BCUT2D eigenvalue weighted by molar-refractivity contribution is 0.0355. The van der Waals surface area contributed by atoms with Gasteiger partial charge in [0, 0.05) is 20.3 Å². The second-order valence-corrected chi connectivity index (χ2v) is 4.55. The number of rotatable bonds is 10. The molecule has 0 aromatic heterocycles. The van der Waals surface area contributed by atoms with Crippen LogP contribution in [0.2, 0.25) is 0 Å². The van der Waals surface area contributed by atoms with Gasteiger partial charge >= 0.3 is 0 Å². The molecule has 1 rings (SSSR count). The second kappa shape index (κ2) is 9.92. The molecule has 0 aliphatic heterocycles. The molecule has 19 heavy (non-hydrogen) atoms. The molecule has 1 aromatic rings. The van der Waals surface area contributed by atoms with E-state index in [0.717, 1.165) is 18.6 Å². The Morgan fingerprint density at radius 3 is 2.63 bits per heavy atom. The van der Waals surface area contributed by atoms with E-state index in [2.05, 4.69) is 19.1 Å². The van der Waals surface area contributed by atoms with Gasteiger partial charge in [0.15, 0.2) is 0 Å². The van der Waals surface area contributed by atoms with Gasteiger partial charge in [0.25, 0.3) is 0 Å². The van der Waals surface area contributed by atoms with Crippen LogP contribution in [0.5, 0.6) is 0 Å². The highest BCUT2D eigenvalue weighted by molar-refractivity contribution is 5.24. The van der Waals surface area contributed by atoms with Gasteiger partial charge in [-0.3, -0.25) is 0 Å². The highest BCUT2D eigenvalue weighted by atomic mass is 16.5. The minimum absolute atomic E-state index is 0.0756. The van der Waals surface area contributed by atoms with Gasteiger partial charge in [-0.25, -0.2) is 0 Å². The molecular formula is C15H25NO3. The Kier molecular flexibility index (Phi) is 8.41. The van der Waals surface area contributed by atoms with Crippen molar-refractivity contribution >= 4 is 0 Å². The summed E-state index contributed by atoms with van der Waals surface area (Å²) in [5.74, 6) is 0. The number of hydrogen-bond acceptors (Lipinski definition) is 4. The first kappa shape index (κ1) is 16.1. The third-order valence-corrected chi connectivity index (χ3v) is 2.78. The van der Waals surface area contributed by atoms with Crippen molar-refractivity contribution in [3.63, 3.8) is 0 Å². The van der Waals surface area contributed by atoms with Crippen LogP contribution in [-0.2, 0) is 14.2 Å². The van der Waals surface area contributed by atoms with Crippen molar-refractivity contribution in [2.45, 2.75) is 19.4 Å². The average molecular weight is 267 g/mol. The van der Waals surface area contributed by atoms with Gasteiger partial charge in [-0.2, -0.15) is 0 Å². The van der Waals surface area contributed by atoms with E-state index in [1.165, 1.54) is 5.56 Å². The van der Waals surface area contributed by atoms with Crippen molar-refractivity contribution in [1.82, 2.24) is 0 Å². The van der Waals surface area contributed by atoms with E-state index in [1.54, 1.807) is 7.11 Å². The minimum atomic E-state index is -0.0756. The lowest BCUT2D eigenvalue weighted by Crippen LogP contribution is -2.19. The van der Waals surface area contributed by atoms with Crippen molar-refractivity contribution in [3.8, 4) is 0 Å². The quantitative estimate of drug-likeness (QED) is 0.659. The van der Waals surface area contributed by atoms with Crippen molar-refractivity contribution < 1.29 is 14.2 Å². The molecule has 0 saturated heterocycles. The van der Waals surface area contributed by atoms with Crippen molar-refractivity contribution in [1.29, 1.82) is 0 Å². The Labute approximate surface area is 115 Å². The molecule has 0 saturated carbocycles. The van der Waals surface area contributed by atoms with Gasteiger partial charge < -0.3 is 19.9 Å². The summed E-state index contributed by atoms with van der Waals surface area (Å²) in [6.45, 7) is 5.20. The predicted octanol–water partition coefficient (Wildman–Crippen LogP) is 2.06. The van der Waals surface area contributed by atoms with E-state index in [-0.39, 0.29) is 6.04 Å². The maximum atomic E-state index is 6.06. The van der Waals surface area contributed by atoms with Crippen LogP contribution < -0.4 is 5.73 Å². The largest absolute Gasteiger partial charge is 0.385 e. The van der Waals surface area contributed by atoms with E-state index < -0.39 is 0 Å². The van der Waals surface area contributed by atoms with Crippen LogP contribution in [0, 0.1) is 6.92 Å².